The molecule has 1 aromatic heterocycles. The highest BCUT2D eigenvalue weighted by Gasteiger charge is 2.43. The standard InChI is InChI=1S/C17H21N3O/c21-17(10-4-5-14(11-17)13-8-9-13)16-12-18-19-20(16)15-6-2-1-3-7-15/h1-3,6-7,12-14,21H,4-5,8-11H2. The molecular formula is C17H21N3O. The molecule has 2 fully saturated rings. The summed E-state index contributed by atoms with van der Waals surface area (Å²) in [5.74, 6) is 1.51. The van der Waals surface area contributed by atoms with E-state index in [0.29, 0.717) is 5.92 Å². The maximum atomic E-state index is 11.2. The molecule has 2 unspecified atom stereocenters. The van der Waals surface area contributed by atoms with Crippen LogP contribution in [0.25, 0.3) is 5.69 Å². The summed E-state index contributed by atoms with van der Waals surface area (Å²) in [4.78, 5) is 0. The molecule has 0 amide bonds. The lowest BCUT2D eigenvalue weighted by Gasteiger charge is -2.37. The summed E-state index contributed by atoms with van der Waals surface area (Å²) in [6.07, 6.45) is 8.46. The van der Waals surface area contributed by atoms with Gasteiger partial charge in [0.15, 0.2) is 0 Å². The van der Waals surface area contributed by atoms with Gasteiger partial charge in [-0.2, -0.15) is 0 Å². The van der Waals surface area contributed by atoms with Gasteiger partial charge in [0.1, 0.15) is 5.60 Å². The molecule has 0 aliphatic heterocycles. The second-order valence-corrected chi connectivity index (χ2v) is 6.59. The summed E-state index contributed by atoms with van der Waals surface area (Å²) in [6.45, 7) is 0. The summed E-state index contributed by atoms with van der Waals surface area (Å²) in [5.41, 5.74) is 1.04. The number of aromatic nitrogens is 3. The van der Waals surface area contributed by atoms with Crippen molar-refractivity contribution in [1.82, 2.24) is 15.0 Å². The van der Waals surface area contributed by atoms with Gasteiger partial charge in [0.05, 0.1) is 17.6 Å². The lowest BCUT2D eigenvalue weighted by Crippen LogP contribution is -2.35. The van der Waals surface area contributed by atoms with E-state index in [4.69, 9.17) is 0 Å². The van der Waals surface area contributed by atoms with Crippen molar-refractivity contribution in [2.24, 2.45) is 11.8 Å². The van der Waals surface area contributed by atoms with Crippen LogP contribution in [-0.4, -0.2) is 20.1 Å². The number of benzene rings is 1. The van der Waals surface area contributed by atoms with Crippen LogP contribution in [0.2, 0.25) is 0 Å². The number of rotatable bonds is 3. The van der Waals surface area contributed by atoms with E-state index in [9.17, 15) is 5.11 Å². The lowest BCUT2D eigenvalue weighted by molar-refractivity contribution is -0.0306. The first-order valence-electron chi connectivity index (χ1n) is 7.95. The molecular weight excluding hydrogens is 262 g/mol. The summed E-state index contributed by atoms with van der Waals surface area (Å²) in [7, 11) is 0. The second-order valence-electron chi connectivity index (χ2n) is 6.59. The molecule has 2 saturated carbocycles. The van der Waals surface area contributed by atoms with Crippen molar-refractivity contribution in [2.45, 2.75) is 44.1 Å². The zero-order valence-electron chi connectivity index (χ0n) is 12.2. The van der Waals surface area contributed by atoms with E-state index in [-0.39, 0.29) is 0 Å². The van der Waals surface area contributed by atoms with Crippen molar-refractivity contribution >= 4 is 0 Å². The first kappa shape index (κ1) is 13.0. The van der Waals surface area contributed by atoms with Gasteiger partial charge in [-0.05, 0) is 62.5 Å². The third kappa shape index (κ3) is 2.38. The monoisotopic (exact) mass is 283 g/mol. The molecule has 1 heterocycles. The molecule has 2 aliphatic carbocycles. The maximum absolute atomic E-state index is 11.2. The van der Waals surface area contributed by atoms with Gasteiger partial charge >= 0.3 is 0 Å². The first-order chi connectivity index (χ1) is 10.3. The van der Waals surface area contributed by atoms with E-state index in [1.165, 1.54) is 19.3 Å². The first-order valence-corrected chi connectivity index (χ1v) is 7.95. The average Bonchev–Trinajstić information content (AvgIpc) is 3.24. The smallest absolute Gasteiger partial charge is 0.109 e. The molecule has 1 N–H and O–H groups in total. The SMILES string of the molecule is OC1(c2cnnn2-c2ccccc2)CCCC(C2CC2)C1. The highest BCUT2D eigenvalue weighted by Crippen LogP contribution is 2.49. The van der Waals surface area contributed by atoms with E-state index in [1.807, 2.05) is 30.3 Å². The van der Waals surface area contributed by atoms with Crippen molar-refractivity contribution in [3.8, 4) is 5.69 Å². The van der Waals surface area contributed by atoms with E-state index in [0.717, 1.165) is 36.6 Å². The molecule has 0 spiro atoms. The Hall–Kier alpha value is -1.68. The van der Waals surface area contributed by atoms with Crippen LogP contribution in [0.1, 0.15) is 44.2 Å². The summed E-state index contributed by atoms with van der Waals surface area (Å²) < 4.78 is 1.80. The molecule has 4 nitrogen and oxygen atoms in total. The number of hydrogen-bond acceptors (Lipinski definition) is 3. The maximum Gasteiger partial charge on any atom is 0.109 e. The van der Waals surface area contributed by atoms with Gasteiger partial charge in [0, 0.05) is 0 Å². The Morgan fingerprint density at radius 2 is 1.90 bits per heavy atom. The van der Waals surface area contributed by atoms with E-state index in [1.54, 1.807) is 10.9 Å². The van der Waals surface area contributed by atoms with Crippen LogP contribution < -0.4 is 0 Å². The van der Waals surface area contributed by atoms with Crippen LogP contribution in [0.4, 0.5) is 0 Å². The van der Waals surface area contributed by atoms with Crippen LogP contribution in [0.5, 0.6) is 0 Å². The van der Waals surface area contributed by atoms with Gasteiger partial charge in [-0.15, -0.1) is 5.10 Å². The average molecular weight is 283 g/mol. The van der Waals surface area contributed by atoms with Gasteiger partial charge < -0.3 is 5.11 Å². The molecule has 2 atom stereocenters. The predicted octanol–water partition coefficient (Wildman–Crippen LogP) is 3.06. The Balaban J connectivity index is 1.68. The third-order valence-corrected chi connectivity index (χ3v) is 5.08. The quantitative estimate of drug-likeness (QED) is 0.942. The fraction of sp³-hybridized carbons (Fsp3) is 0.529. The molecule has 4 heteroatoms. The minimum atomic E-state index is -0.773. The predicted molar refractivity (Wildman–Crippen MR) is 79.9 cm³/mol. The normalized spacial score (nSPS) is 29.5. The van der Waals surface area contributed by atoms with Crippen LogP contribution in [0.3, 0.4) is 0 Å². The molecule has 4 rings (SSSR count). The number of para-hydroxylation sites is 1. The van der Waals surface area contributed by atoms with E-state index < -0.39 is 5.60 Å². The van der Waals surface area contributed by atoms with Gasteiger partial charge in [0.2, 0.25) is 0 Å². The van der Waals surface area contributed by atoms with Crippen molar-refractivity contribution in [2.75, 3.05) is 0 Å². The van der Waals surface area contributed by atoms with Crippen LogP contribution in [0.15, 0.2) is 36.5 Å². The van der Waals surface area contributed by atoms with Crippen LogP contribution >= 0.6 is 0 Å². The van der Waals surface area contributed by atoms with Crippen LogP contribution in [0, 0.1) is 11.8 Å². The molecule has 2 aromatic rings. The van der Waals surface area contributed by atoms with Crippen molar-refractivity contribution in [1.29, 1.82) is 0 Å². The minimum Gasteiger partial charge on any atom is -0.383 e. The molecule has 0 bridgehead atoms. The molecule has 0 saturated heterocycles. The molecule has 110 valence electrons. The van der Waals surface area contributed by atoms with Gasteiger partial charge in [-0.25, -0.2) is 4.68 Å². The molecule has 1 aromatic carbocycles. The van der Waals surface area contributed by atoms with Crippen molar-refractivity contribution in [3.05, 3.63) is 42.2 Å². The van der Waals surface area contributed by atoms with Crippen molar-refractivity contribution < 1.29 is 5.11 Å². The topological polar surface area (TPSA) is 50.9 Å². The Bertz CT molecular complexity index is 620. The summed E-state index contributed by atoms with van der Waals surface area (Å²) in [5, 5.41) is 19.5. The second kappa shape index (κ2) is 4.95. The van der Waals surface area contributed by atoms with Crippen LogP contribution in [-0.2, 0) is 5.60 Å². The number of hydrogen-bond donors (Lipinski definition) is 1. The Morgan fingerprint density at radius 1 is 1.10 bits per heavy atom. The van der Waals surface area contributed by atoms with Crippen molar-refractivity contribution in [3.63, 3.8) is 0 Å². The van der Waals surface area contributed by atoms with E-state index in [2.05, 4.69) is 10.3 Å². The molecule has 21 heavy (non-hydrogen) atoms. The zero-order chi connectivity index (χ0) is 14.3. The van der Waals surface area contributed by atoms with Gasteiger partial charge in [-0.3, -0.25) is 0 Å². The highest BCUT2D eigenvalue weighted by molar-refractivity contribution is 5.33. The van der Waals surface area contributed by atoms with Gasteiger partial charge in [0.25, 0.3) is 0 Å². The minimum absolute atomic E-state index is 0.669. The van der Waals surface area contributed by atoms with Gasteiger partial charge in [-0.1, -0.05) is 23.4 Å². The fourth-order valence-electron chi connectivity index (χ4n) is 3.81. The summed E-state index contributed by atoms with van der Waals surface area (Å²) >= 11 is 0. The van der Waals surface area contributed by atoms with E-state index >= 15 is 0 Å². The largest absolute Gasteiger partial charge is 0.383 e. The molecule has 2 aliphatic rings. The highest BCUT2D eigenvalue weighted by atomic mass is 16.3. The Kier molecular flexibility index (Phi) is 3.07. The lowest BCUT2D eigenvalue weighted by atomic mass is 9.74. The number of aliphatic hydroxyl groups is 1. The Labute approximate surface area is 124 Å². The molecule has 0 radical (unpaired) electrons. The number of nitrogens with zero attached hydrogens (tertiary/aromatic N) is 3. The zero-order valence-corrected chi connectivity index (χ0v) is 12.2. The third-order valence-electron chi connectivity index (χ3n) is 5.08. The fourth-order valence-corrected chi connectivity index (χ4v) is 3.81. The summed E-state index contributed by atoms with van der Waals surface area (Å²) in [6, 6.07) is 9.96. The Morgan fingerprint density at radius 3 is 2.67 bits per heavy atom.